The topological polar surface area (TPSA) is 76.1 Å². The molecule has 0 aliphatic heterocycles. The largest absolute Gasteiger partial charge is 0.399 e. The third-order valence-corrected chi connectivity index (χ3v) is 4.75. The van der Waals surface area contributed by atoms with E-state index in [9.17, 15) is 8.78 Å². The number of nitrogens with one attached hydrogen (secondary N) is 2. The van der Waals surface area contributed by atoms with Crippen LogP contribution in [-0.4, -0.2) is 0 Å². The molecule has 0 spiro atoms. The van der Waals surface area contributed by atoms with Gasteiger partial charge in [-0.2, -0.15) is 0 Å². The number of anilines is 3. The molecule has 3 aromatic carbocycles. The molecule has 0 fully saturated rings. The summed E-state index contributed by atoms with van der Waals surface area (Å²) in [5.41, 5.74) is 10.7. The highest BCUT2D eigenvalue weighted by Crippen LogP contribution is 2.32. The summed E-state index contributed by atoms with van der Waals surface area (Å²) < 4.78 is 31.7. The predicted octanol–water partition coefficient (Wildman–Crippen LogP) is 7.52. The van der Waals surface area contributed by atoms with Crippen molar-refractivity contribution in [2.75, 3.05) is 10.0 Å². The zero-order valence-corrected chi connectivity index (χ0v) is 20.7. The van der Waals surface area contributed by atoms with E-state index in [0.717, 1.165) is 28.9 Å². The van der Waals surface area contributed by atoms with E-state index in [4.69, 9.17) is 10.9 Å². The number of aryl methyl sites for hydroxylation is 1. The summed E-state index contributed by atoms with van der Waals surface area (Å²) in [6.07, 6.45) is 0.416. The number of halogens is 2. The Kier molecular flexibility index (Phi) is 12.0. The van der Waals surface area contributed by atoms with Crippen LogP contribution >= 0.6 is 12.1 Å². The lowest BCUT2D eigenvalue weighted by molar-refractivity contribution is 0.625. The third kappa shape index (κ3) is 8.11. The van der Waals surface area contributed by atoms with Gasteiger partial charge in [-0.25, -0.2) is 8.78 Å². The Morgan fingerprint density at radius 3 is 2.27 bits per heavy atom. The first-order chi connectivity index (χ1) is 15.9. The highest BCUT2D eigenvalue weighted by molar-refractivity contribution is 7.98. The van der Waals surface area contributed by atoms with E-state index < -0.39 is 11.6 Å². The number of hydrogen-bond donors (Lipinski definition) is 4. The van der Waals surface area contributed by atoms with Gasteiger partial charge in [0.1, 0.15) is 11.6 Å². The Balaban J connectivity index is 0.00000129. The van der Waals surface area contributed by atoms with E-state index >= 15 is 0 Å². The van der Waals surface area contributed by atoms with E-state index in [2.05, 4.69) is 16.6 Å². The summed E-state index contributed by atoms with van der Waals surface area (Å²) in [6.45, 7) is 13.6. The minimum absolute atomic E-state index is 0.237. The van der Waals surface area contributed by atoms with Crippen molar-refractivity contribution in [3.8, 4) is 0 Å². The molecule has 33 heavy (non-hydrogen) atoms. The molecule has 4 nitrogen and oxygen atoms in total. The Labute approximate surface area is 200 Å². The SMILES string of the molecule is C=C(N)c1c(Cc2cccc(NSN)c2)cc(F)cc1Nc1ccc(C)cc1F.CC.CC. The fraction of sp³-hybridized carbons (Fsp3) is 0.231. The fourth-order valence-electron chi connectivity index (χ4n) is 3.18. The lowest BCUT2D eigenvalue weighted by Crippen LogP contribution is -2.07. The first-order valence-electron chi connectivity index (χ1n) is 10.9. The molecule has 6 N–H and O–H groups in total. The molecular formula is C26H34F2N4S. The summed E-state index contributed by atoms with van der Waals surface area (Å²) in [4.78, 5) is 0. The number of hydrogen-bond acceptors (Lipinski definition) is 5. The summed E-state index contributed by atoms with van der Waals surface area (Å²) in [5.74, 6) is -0.880. The van der Waals surface area contributed by atoms with Crippen molar-refractivity contribution in [1.82, 2.24) is 0 Å². The normalized spacial score (nSPS) is 9.70. The van der Waals surface area contributed by atoms with Crippen LogP contribution in [-0.2, 0) is 6.42 Å². The second kappa shape index (κ2) is 14.2. The van der Waals surface area contributed by atoms with Gasteiger partial charge in [0.25, 0.3) is 0 Å². The van der Waals surface area contributed by atoms with Crippen molar-refractivity contribution in [3.63, 3.8) is 0 Å². The fourth-order valence-corrected chi connectivity index (χ4v) is 3.44. The molecule has 0 bridgehead atoms. The highest BCUT2D eigenvalue weighted by atomic mass is 32.2. The van der Waals surface area contributed by atoms with Crippen LogP contribution in [0.25, 0.3) is 5.70 Å². The quantitative estimate of drug-likeness (QED) is 0.268. The van der Waals surface area contributed by atoms with Crippen LogP contribution in [0.2, 0.25) is 0 Å². The second-order valence-electron chi connectivity index (χ2n) is 6.72. The smallest absolute Gasteiger partial charge is 0.146 e. The molecular weight excluding hydrogens is 438 g/mol. The van der Waals surface area contributed by atoms with Crippen molar-refractivity contribution >= 4 is 34.9 Å². The first kappa shape index (κ1) is 28.0. The van der Waals surface area contributed by atoms with Gasteiger partial charge in [0, 0.05) is 29.1 Å². The maximum atomic E-state index is 14.4. The summed E-state index contributed by atoms with van der Waals surface area (Å²) in [6, 6.07) is 15.1. The molecule has 7 heteroatoms. The monoisotopic (exact) mass is 472 g/mol. The van der Waals surface area contributed by atoms with E-state index in [-0.39, 0.29) is 11.4 Å². The Morgan fingerprint density at radius 1 is 0.970 bits per heavy atom. The van der Waals surface area contributed by atoms with Crippen molar-refractivity contribution in [1.29, 1.82) is 0 Å². The van der Waals surface area contributed by atoms with Crippen LogP contribution in [0.4, 0.5) is 25.8 Å². The van der Waals surface area contributed by atoms with Crippen LogP contribution in [0.15, 0.2) is 61.2 Å². The van der Waals surface area contributed by atoms with E-state index in [1.54, 1.807) is 19.1 Å². The Bertz CT molecular complexity index is 1050. The van der Waals surface area contributed by atoms with Crippen LogP contribution in [0, 0.1) is 18.6 Å². The van der Waals surface area contributed by atoms with Crippen molar-refractivity contribution in [2.24, 2.45) is 10.9 Å². The van der Waals surface area contributed by atoms with Crippen LogP contribution < -0.4 is 20.9 Å². The molecule has 0 radical (unpaired) electrons. The van der Waals surface area contributed by atoms with E-state index in [1.807, 2.05) is 52.0 Å². The number of rotatable bonds is 7. The number of benzene rings is 3. The maximum Gasteiger partial charge on any atom is 0.146 e. The maximum absolute atomic E-state index is 14.4. The van der Waals surface area contributed by atoms with Crippen molar-refractivity contribution < 1.29 is 8.78 Å². The van der Waals surface area contributed by atoms with Gasteiger partial charge in [0.15, 0.2) is 0 Å². The zero-order chi connectivity index (χ0) is 25.0. The standard InChI is InChI=1S/C22H22F2N4S.2C2H6/c1-13-6-7-20(19(24)8-13)27-21-12-17(23)11-16(22(21)14(2)25)9-15-4-3-5-18(10-15)28-29-26;2*1-2/h3-8,10-12,27-28H,2,9,25-26H2,1H3;2*1-2H3. The lowest BCUT2D eigenvalue weighted by Gasteiger charge is -2.18. The minimum atomic E-state index is -0.452. The summed E-state index contributed by atoms with van der Waals surface area (Å²) >= 11 is 0.997. The van der Waals surface area contributed by atoms with E-state index in [0.29, 0.717) is 23.2 Å². The first-order valence-corrected chi connectivity index (χ1v) is 11.8. The third-order valence-electron chi connectivity index (χ3n) is 4.40. The van der Waals surface area contributed by atoms with Gasteiger partial charge >= 0.3 is 0 Å². The molecule has 178 valence electrons. The van der Waals surface area contributed by atoms with Crippen LogP contribution in [0.5, 0.6) is 0 Å². The zero-order valence-electron chi connectivity index (χ0n) is 19.9. The van der Waals surface area contributed by atoms with Gasteiger partial charge < -0.3 is 15.8 Å². The molecule has 0 saturated heterocycles. The molecule has 3 aromatic rings. The van der Waals surface area contributed by atoms with Gasteiger partial charge in [-0.15, -0.1) is 0 Å². The average Bonchev–Trinajstić information content (AvgIpc) is 2.78. The van der Waals surface area contributed by atoms with E-state index in [1.165, 1.54) is 18.2 Å². The molecule has 0 heterocycles. The second-order valence-corrected chi connectivity index (χ2v) is 7.16. The van der Waals surface area contributed by atoms with Gasteiger partial charge in [-0.05, 0) is 66.4 Å². The summed E-state index contributed by atoms with van der Waals surface area (Å²) in [5, 5.41) is 8.41. The average molecular weight is 473 g/mol. The lowest BCUT2D eigenvalue weighted by atomic mass is 9.96. The number of nitrogens with two attached hydrogens (primary N) is 2. The van der Waals surface area contributed by atoms with Crippen molar-refractivity contribution in [3.05, 3.63) is 95.1 Å². The van der Waals surface area contributed by atoms with Crippen LogP contribution in [0.3, 0.4) is 0 Å². The summed E-state index contributed by atoms with van der Waals surface area (Å²) in [7, 11) is 0. The van der Waals surface area contributed by atoms with Gasteiger partial charge in [0.2, 0.25) is 0 Å². The molecule has 0 saturated carbocycles. The minimum Gasteiger partial charge on any atom is -0.399 e. The Hall–Kier alpha value is -3.03. The molecule has 3 rings (SSSR count). The molecule has 0 aliphatic rings. The molecule has 0 aromatic heterocycles. The predicted molar refractivity (Wildman–Crippen MR) is 141 cm³/mol. The van der Waals surface area contributed by atoms with Crippen LogP contribution in [0.1, 0.15) is 49.9 Å². The molecule has 0 aliphatic carbocycles. The van der Waals surface area contributed by atoms with Gasteiger partial charge in [-0.3, -0.25) is 5.14 Å². The van der Waals surface area contributed by atoms with Crippen molar-refractivity contribution in [2.45, 2.75) is 41.0 Å². The van der Waals surface area contributed by atoms with Gasteiger partial charge in [-0.1, -0.05) is 52.5 Å². The molecule has 0 unspecified atom stereocenters. The highest BCUT2D eigenvalue weighted by Gasteiger charge is 2.15. The van der Waals surface area contributed by atoms with Gasteiger partial charge in [0.05, 0.1) is 11.4 Å². The molecule has 0 atom stereocenters. The Morgan fingerprint density at radius 2 is 1.67 bits per heavy atom. The molecule has 0 amide bonds.